The van der Waals surface area contributed by atoms with Gasteiger partial charge in [0.05, 0.1) is 0 Å². The topological polar surface area (TPSA) is 78.9 Å². The van der Waals surface area contributed by atoms with E-state index in [-0.39, 0.29) is 11.7 Å². The second-order valence-electron chi connectivity index (χ2n) is 5.08. The maximum Gasteiger partial charge on any atom is 0.236 e. The van der Waals surface area contributed by atoms with Crippen LogP contribution in [0.3, 0.4) is 0 Å². The van der Waals surface area contributed by atoms with Crippen LogP contribution >= 0.6 is 0 Å². The van der Waals surface area contributed by atoms with Crippen LogP contribution in [0.25, 0.3) is 0 Å². The predicted octanol–water partition coefficient (Wildman–Crippen LogP) is 0.771. The van der Waals surface area contributed by atoms with Gasteiger partial charge in [-0.05, 0) is 31.6 Å². The fourth-order valence-corrected chi connectivity index (χ4v) is 2.94. The normalized spacial score (nSPS) is 34.9. The van der Waals surface area contributed by atoms with Crippen molar-refractivity contribution in [2.24, 2.45) is 22.2 Å². The van der Waals surface area contributed by atoms with Crippen molar-refractivity contribution in [1.82, 2.24) is 4.90 Å². The van der Waals surface area contributed by atoms with Crippen molar-refractivity contribution in [2.75, 3.05) is 13.1 Å². The molecule has 0 bridgehead atoms. The van der Waals surface area contributed by atoms with E-state index in [0.29, 0.717) is 18.8 Å². The molecule has 2 aliphatic rings. The summed E-state index contributed by atoms with van der Waals surface area (Å²) < 4.78 is 0. The highest BCUT2D eigenvalue weighted by Gasteiger charge is 2.53. The van der Waals surface area contributed by atoms with Gasteiger partial charge < -0.3 is 15.8 Å². The summed E-state index contributed by atoms with van der Waals surface area (Å²) in [4.78, 5) is 14.2. The van der Waals surface area contributed by atoms with Crippen molar-refractivity contribution in [3.05, 3.63) is 0 Å². The summed E-state index contributed by atoms with van der Waals surface area (Å²) in [5.41, 5.74) is 4.99. The smallest absolute Gasteiger partial charge is 0.236 e. The quantitative estimate of drug-likeness (QED) is 0.315. The third-order valence-corrected chi connectivity index (χ3v) is 3.79. The summed E-state index contributed by atoms with van der Waals surface area (Å²) in [5.74, 6) is 0.618. The van der Waals surface area contributed by atoms with Crippen LogP contribution < -0.4 is 5.73 Å². The van der Waals surface area contributed by atoms with E-state index in [4.69, 9.17) is 10.9 Å². The Morgan fingerprint density at radius 2 is 2.00 bits per heavy atom. The van der Waals surface area contributed by atoms with E-state index >= 15 is 0 Å². The second kappa shape index (κ2) is 3.96. The highest BCUT2D eigenvalue weighted by molar-refractivity contribution is 6.07. The summed E-state index contributed by atoms with van der Waals surface area (Å²) in [6.45, 7) is 3.71. The Morgan fingerprint density at radius 3 is 2.44 bits per heavy atom. The van der Waals surface area contributed by atoms with Crippen LogP contribution in [0.5, 0.6) is 0 Å². The number of oxime groups is 1. The number of carbonyl (C=O) groups is 1. The van der Waals surface area contributed by atoms with E-state index in [0.717, 1.165) is 25.9 Å². The van der Waals surface area contributed by atoms with E-state index < -0.39 is 5.41 Å². The van der Waals surface area contributed by atoms with Crippen molar-refractivity contribution < 1.29 is 10.0 Å². The first kappa shape index (κ1) is 11.2. The fraction of sp³-hybridized carbons (Fsp3) is 0.818. The van der Waals surface area contributed by atoms with E-state index in [9.17, 15) is 4.79 Å². The molecule has 16 heavy (non-hydrogen) atoms. The Balaban J connectivity index is 2.16. The Labute approximate surface area is 95.3 Å². The van der Waals surface area contributed by atoms with Gasteiger partial charge in [-0.15, -0.1) is 0 Å². The molecule has 0 atom stereocenters. The minimum absolute atomic E-state index is 0.0541. The number of nitrogens with zero attached hydrogens (tertiary/aromatic N) is 2. The van der Waals surface area contributed by atoms with E-state index in [1.54, 1.807) is 0 Å². The van der Waals surface area contributed by atoms with E-state index in [2.05, 4.69) is 12.1 Å². The Kier molecular flexibility index (Phi) is 2.78. The minimum Gasteiger partial charge on any atom is -0.409 e. The van der Waals surface area contributed by atoms with E-state index in [1.807, 2.05) is 4.90 Å². The molecule has 1 saturated carbocycles. The molecule has 0 radical (unpaired) electrons. The van der Waals surface area contributed by atoms with Crippen molar-refractivity contribution in [1.29, 1.82) is 0 Å². The van der Waals surface area contributed by atoms with Crippen molar-refractivity contribution in [3.8, 4) is 0 Å². The Bertz CT molecular complexity index is 315. The van der Waals surface area contributed by atoms with Crippen molar-refractivity contribution in [3.63, 3.8) is 0 Å². The van der Waals surface area contributed by atoms with Gasteiger partial charge in [0.2, 0.25) is 5.91 Å². The van der Waals surface area contributed by atoms with Crippen LogP contribution in [0.1, 0.15) is 32.6 Å². The number of hydrogen-bond acceptors (Lipinski definition) is 3. The average Bonchev–Trinajstić information content (AvgIpc) is 2.75. The molecule has 1 aliphatic carbocycles. The summed E-state index contributed by atoms with van der Waals surface area (Å²) in [5, 5.41) is 11.9. The molecule has 5 heteroatoms. The lowest BCUT2D eigenvalue weighted by Gasteiger charge is -2.45. The molecule has 90 valence electrons. The van der Waals surface area contributed by atoms with Gasteiger partial charge in [-0.25, -0.2) is 0 Å². The van der Waals surface area contributed by atoms with Gasteiger partial charge in [-0.2, -0.15) is 0 Å². The maximum absolute atomic E-state index is 12.3. The molecule has 0 aromatic rings. The molecule has 0 unspecified atom stereocenters. The lowest BCUT2D eigenvalue weighted by atomic mass is 9.61. The molecular formula is C11H19N3O2. The number of likely N-dealkylation sites (tertiary alicyclic amines) is 1. The molecule has 1 aliphatic heterocycles. The average molecular weight is 225 g/mol. The molecule has 0 aromatic heterocycles. The van der Waals surface area contributed by atoms with Gasteiger partial charge in [0, 0.05) is 13.1 Å². The SMILES string of the molecule is CC1CC(C(=O)N2CCCC2)(C(N)=NO)C1. The van der Waals surface area contributed by atoms with Crippen molar-refractivity contribution >= 4 is 11.7 Å². The largest absolute Gasteiger partial charge is 0.409 e. The zero-order chi connectivity index (χ0) is 11.8. The minimum atomic E-state index is -0.710. The van der Waals surface area contributed by atoms with Gasteiger partial charge in [0.1, 0.15) is 5.41 Å². The zero-order valence-electron chi connectivity index (χ0n) is 9.65. The summed E-state index contributed by atoms with van der Waals surface area (Å²) in [6.07, 6.45) is 3.54. The van der Waals surface area contributed by atoms with Gasteiger partial charge in [0.15, 0.2) is 5.84 Å². The number of hydrogen-bond donors (Lipinski definition) is 2. The lowest BCUT2D eigenvalue weighted by molar-refractivity contribution is -0.143. The standard InChI is InChI=1S/C11H19N3O2/c1-8-6-11(7-8,9(12)13-16)10(15)14-4-2-3-5-14/h8,16H,2-7H2,1H3,(H2,12,13). The first-order chi connectivity index (χ1) is 7.60. The van der Waals surface area contributed by atoms with Crippen LogP contribution in [-0.2, 0) is 4.79 Å². The first-order valence-corrected chi connectivity index (χ1v) is 5.87. The van der Waals surface area contributed by atoms with Crippen LogP contribution in [0.4, 0.5) is 0 Å². The molecular weight excluding hydrogens is 206 g/mol. The molecule has 2 rings (SSSR count). The Hall–Kier alpha value is -1.26. The lowest BCUT2D eigenvalue weighted by Crippen LogP contribution is -2.57. The van der Waals surface area contributed by atoms with Gasteiger partial charge in [0.25, 0.3) is 0 Å². The number of carbonyl (C=O) groups excluding carboxylic acids is 1. The highest BCUT2D eigenvalue weighted by Crippen LogP contribution is 2.47. The molecule has 1 heterocycles. The number of nitrogens with two attached hydrogens (primary N) is 1. The number of amides is 1. The van der Waals surface area contributed by atoms with Gasteiger partial charge in [-0.3, -0.25) is 4.79 Å². The van der Waals surface area contributed by atoms with Crippen LogP contribution in [0, 0.1) is 11.3 Å². The van der Waals surface area contributed by atoms with Crippen LogP contribution in [-0.4, -0.2) is 34.9 Å². The molecule has 0 spiro atoms. The number of rotatable bonds is 2. The fourth-order valence-electron chi connectivity index (χ4n) is 2.94. The predicted molar refractivity (Wildman–Crippen MR) is 60.1 cm³/mol. The third-order valence-electron chi connectivity index (χ3n) is 3.79. The van der Waals surface area contributed by atoms with Crippen molar-refractivity contribution in [2.45, 2.75) is 32.6 Å². The molecule has 1 saturated heterocycles. The van der Waals surface area contributed by atoms with Crippen LogP contribution in [0.2, 0.25) is 0 Å². The summed E-state index contributed by atoms with van der Waals surface area (Å²) >= 11 is 0. The molecule has 2 fully saturated rings. The molecule has 5 nitrogen and oxygen atoms in total. The molecule has 1 amide bonds. The van der Waals surface area contributed by atoms with Gasteiger partial charge >= 0.3 is 0 Å². The van der Waals surface area contributed by atoms with E-state index in [1.165, 1.54) is 0 Å². The summed E-state index contributed by atoms with van der Waals surface area (Å²) in [7, 11) is 0. The second-order valence-corrected chi connectivity index (χ2v) is 5.08. The number of amidine groups is 1. The first-order valence-electron chi connectivity index (χ1n) is 5.87. The van der Waals surface area contributed by atoms with Gasteiger partial charge in [-0.1, -0.05) is 12.1 Å². The zero-order valence-corrected chi connectivity index (χ0v) is 9.65. The molecule has 0 aromatic carbocycles. The van der Waals surface area contributed by atoms with Crippen LogP contribution in [0.15, 0.2) is 5.16 Å². The maximum atomic E-state index is 12.3. The molecule has 3 N–H and O–H groups in total. The Morgan fingerprint density at radius 1 is 1.44 bits per heavy atom. The highest BCUT2D eigenvalue weighted by atomic mass is 16.4. The third kappa shape index (κ3) is 1.54. The summed E-state index contributed by atoms with van der Waals surface area (Å²) in [6, 6.07) is 0. The monoisotopic (exact) mass is 225 g/mol.